The third-order valence-electron chi connectivity index (χ3n) is 2.70. The lowest BCUT2D eigenvalue weighted by Crippen LogP contribution is -2.40. The summed E-state index contributed by atoms with van der Waals surface area (Å²) in [6, 6.07) is 5.35. The molecule has 0 aliphatic carbocycles. The zero-order valence-electron chi connectivity index (χ0n) is 9.45. The van der Waals surface area contributed by atoms with E-state index in [9.17, 15) is 8.42 Å². The van der Waals surface area contributed by atoms with Gasteiger partial charge in [-0.1, -0.05) is 6.07 Å². The molecule has 4 nitrogen and oxygen atoms in total. The molecule has 0 aromatic heterocycles. The van der Waals surface area contributed by atoms with Crippen molar-refractivity contribution in [1.82, 2.24) is 5.32 Å². The van der Waals surface area contributed by atoms with Crippen LogP contribution in [0.5, 0.6) is 0 Å². The van der Waals surface area contributed by atoms with E-state index < -0.39 is 9.84 Å². The lowest BCUT2D eigenvalue weighted by Gasteiger charge is -2.27. The van der Waals surface area contributed by atoms with Gasteiger partial charge in [-0.15, -0.1) is 0 Å². The number of aryl methyl sites for hydroxylation is 1. The average Bonchev–Trinajstić information content (AvgIpc) is 2.15. The van der Waals surface area contributed by atoms with Crippen LogP contribution in [0, 0.1) is 6.92 Å². The third kappa shape index (κ3) is 2.05. The number of hydrogen-bond donors (Lipinski definition) is 2. The Morgan fingerprint density at radius 1 is 1.50 bits per heavy atom. The molecule has 1 aliphatic rings. The van der Waals surface area contributed by atoms with Crippen molar-refractivity contribution in [3.05, 3.63) is 23.8 Å². The van der Waals surface area contributed by atoms with E-state index in [2.05, 4.69) is 10.6 Å². The van der Waals surface area contributed by atoms with Gasteiger partial charge in [0, 0.05) is 6.54 Å². The molecule has 1 atom stereocenters. The summed E-state index contributed by atoms with van der Waals surface area (Å²) in [5.74, 6) is 0.157. The number of rotatable bonds is 2. The van der Waals surface area contributed by atoms with Gasteiger partial charge in [-0.3, -0.25) is 0 Å². The monoisotopic (exact) mass is 240 g/mol. The van der Waals surface area contributed by atoms with E-state index >= 15 is 0 Å². The first-order valence-corrected chi connectivity index (χ1v) is 6.93. The minimum atomic E-state index is -3.13. The summed E-state index contributed by atoms with van der Waals surface area (Å²) in [6.45, 7) is 2.60. The minimum absolute atomic E-state index is 0.0516. The Morgan fingerprint density at radius 2 is 2.25 bits per heavy atom. The lowest BCUT2D eigenvalue weighted by molar-refractivity contribution is 0.580. The van der Waals surface area contributed by atoms with Crippen LogP contribution < -0.4 is 10.6 Å². The van der Waals surface area contributed by atoms with Gasteiger partial charge < -0.3 is 10.6 Å². The molecule has 0 bridgehead atoms. The molecule has 16 heavy (non-hydrogen) atoms. The van der Waals surface area contributed by atoms with Crippen LogP contribution in [0.25, 0.3) is 0 Å². The van der Waals surface area contributed by atoms with Crippen LogP contribution in [0.1, 0.15) is 5.56 Å². The summed E-state index contributed by atoms with van der Waals surface area (Å²) >= 11 is 0. The second kappa shape index (κ2) is 4.07. The summed E-state index contributed by atoms with van der Waals surface area (Å²) in [4.78, 5) is 0.422. The van der Waals surface area contributed by atoms with E-state index in [4.69, 9.17) is 0 Å². The number of fused-ring (bicyclic) bond motifs is 1. The van der Waals surface area contributed by atoms with E-state index in [1.54, 1.807) is 6.07 Å². The van der Waals surface area contributed by atoms with Crippen LogP contribution >= 0.6 is 0 Å². The molecule has 0 saturated carbocycles. The van der Waals surface area contributed by atoms with E-state index in [-0.39, 0.29) is 11.8 Å². The van der Waals surface area contributed by atoms with Gasteiger partial charge in [0.15, 0.2) is 9.84 Å². The average molecular weight is 240 g/mol. The van der Waals surface area contributed by atoms with Crippen molar-refractivity contribution >= 4 is 15.5 Å². The molecule has 0 saturated heterocycles. The van der Waals surface area contributed by atoms with E-state index in [0.717, 1.165) is 11.3 Å². The van der Waals surface area contributed by atoms with Gasteiger partial charge in [0.05, 0.1) is 22.4 Å². The van der Waals surface area contributed by atoms with Crippen LogP contribution in [0.4, 0.5) is 5.69 Å². The standard InChI is InChI=1S/C11H16N2O2S/c1-8-3-4-11-10(5-8)13-9(6-12-2)7-16(11,14)15/h3-5,9,12-13H,6-7H2,1-2H3. The van der Waals surface area contributed by atoms with Crippen LogP contribution in [-0.2, 0) is 9.84 Å². The molecule has 88 valence electrons. The molecule has 1 unspecified atom stereocenters. The lowest BCUT2D eigenvalue weighted by atomic mass is 10.2. The maximum atomic E-state index is 12.0. The molecule has 0 radical (unpaired) electrons. The van der Waals surface area contributed by atoms with Gasteiger partial charge in [0.25, 0.3) is 0 Å². The molecular formula is C11H16N2O2S. The number of likely N-dealkylation sites (N-methyl/N-ethyl adjacent to an activating group) is 1. The van der Waals surface area contributed by atoms with Crippen molar-refractivity contribution in [2.45, 2.75) is 17.9 Å². The second-order valence-corrected chi connectivity index (χ2v) is 6.18. The quantitative estimate of drug-likeness (QED) is 0.802. The first kappa shape index (κ1) is 11.4. The summed E-state index contributed by atoms with van der Waals surface area (Å²) in [6.07, 6.45) is 0. The van der Waals surface area contributed by atoms with Gasteiger partial charge in [-0.25, -0.2) is 8.42 Å². The van der Waals surface area contributed by atoms with Gasteiger partial charge in [0.1, 0.15) is 0 Å². The number of anilines is 1. The molecule has 0 amide bonds. The highest BCUT2D eigenvalue weighted by Crippen LogP contribution is 2.28. The molecule has 5 heteroatoms. The van der Waals surface area contributed by atoms with Gasteiger partial charge in [-0.05, 0) is 31.7 Å². The predicted molar refractivity (Wildman–Crippen MR) is 64.6 cm³/mol. The second-order valence-electron chi connectivity index (χ2n) is 4.18. The molecule has 1 aromatic carbocycles. The van der Waals surface area contributed by atoms with Crippen LogP contribution in [0.15, 0.2) is 23.1 Å². The number of nitrogens with one attached hydrogen (secondary N) is 2. The number of benzene rings is 1. The van der Waals surface area contributed by atoms with E-state index in [1.165, 1.54) is 0 Å². The van der Waals surface area contributed by atoms with E-state index in [0.29, 0.717) is 11.4 Å². The zero-order valence-corrected chi connectivity index (χ0v) is 10.3. The SMILES string of the molecule is CNCC1CS(=O)(=O)c2ccc(C)cc2N1. The topological polar surface area (TPSA) is 58.2 Å². The summed E-state index contributed by atoms with van der Waals surface area (Å²) < 4.78 is 24.0. The van der Waals surface area contributed by atoms with Crippen molar-refractivity contribution in [2.75, 3.05) is 24.7 Å². The fourth-order valence-electron chi connectivity index (χ4n) is 2.00. The fraction of sp³-hybridized carbons (Fsp3) is 0.455. The van der Waals surface area contributed by atoms with Gasteiger partial charge in [-0.2, -0.15) is 0 Å². The molecular weight excluding hydrogens is 224 g/mol. The Hall–Kier alpha value is -1.07. The van der Waals surface area contributed by atoms with Crippen molar-refractivity contribution in [2.24, 2.45) is 0 Å². The highest BCUT2D eigenvalue weighted by atomic mass is 32.2. The van der Waals surface area contributed by atoms with Crippen LogP contribution in [0.2, 0.25) is 0 Å². The summed E-state index contributed by atoms with van der Waals surface area (Å²) in [5, 5.41) is 6.25. The van der Waals surface area contributed by atoms with Crippen LogP contribution in [-0.4, -0.2) is 33.8 Å². The molecule has 0 fully saturated rings. The zero-order chi connectivity index (χ0) is 11.8. The Morgan fingerprint density at radius 3 is 2.94 bits per heavy atom. The maximum Gasteiger partial charge on any atom is 0.182 e. The first-order valence-electron chi connectivity index (χ1n) is 5.27. The van der Waals surface area contributed by atoms with E-state index in [1.807, 2.05) is 26.1 Å². The maximum absolute atomic E-state index is 12.0. The van der Waals surface area contributed by atoms with Crippen LogP contribution in [0.3, 0.4) is 0 Å². The minimum Gasteiger partial charge on any atom is -0.379 e. The number of sulfone groups is 1. The molecule has 1 aromatic rings. The van der Waals surface area contributed by atoms with Crippen molar-refractivity contribution < 1.29 is 8.42 Å². The van der Waals surface area contributed by atoms with Crippen molar-refractivity contribution in [3.63, 3.8) is 0 Å². The predicted octanol–water partition coefficient (Wildman–Crippen LogP) is 0.782. The largest absolute Gasteiger partial charge is 0.379 e. The summed E-state index contributed by atoms with van der Waals surface area (Å²) in [7, 11) is -1.31. The van der Waals surface area contributed by atoms with Gasteiger partial charge >= 0.3 is 0 Å². The normalized spacial score (nSPS) is 22.2. The van der Waals surface area contributed by atoms with Crippen molar-refractivity contribution in [3.8, 4) is 0 Å². The molecule has 1 heterocycles. The smallest absolute Gasteiger partial charge is 0.182 e. The molecule has 2 N–H and O–H groups in total. The first-order chi connectivity index (χ1) is 7.53. The Labute approximate surface area is 96.0 Å². The van der Waals surface area contributed by atoms with Gasteiger partial charge in [0.2, 0.25) is 0 Å². The highest BCUT2D eigenvalue weighted by molar-refractivity contribution is 7.91. The molecule has 1 aliphatic heterocycles. The Balaban J connectivity index is 2.44. The fourth-order valence-corrected chi connectivity index (χ4v) is 3.64. The Bertz CT molecular complexity index is 497. The molecule has 0 spiro atoms. The van der Waals surface area contributed by atoms with Crippen molar-refractivity contribution in [1.29, 1.82) is 0 Å². The third-order valence-corrected chi connectivity index (χ3v) is 4.57. The highest BCUT2D eigenvalue weighted by Gasteiger charge is 2.29. The summed E-state index contributed by atoms with van der Waals surface area (Å²) in [5.41, 5.74) is 1.79. The Kier molecular flexibility index (Phi) is 2.90. The molecule has 2 rings (SSSR count). The number of hydrogen-bond acceptors (Lipinski definition) is 4.